The van der Waals surface area contributed by atoms with Crippen molar-refractivity contribution in [2.45, 2.75) is 12.8 Å². The van der Waals surface area contributed by atoms with Gasteiger partial charge in [-0.05, 0) is 40.3 Å². The van der Waals surface area contributed by atoms with Crippen molar-refractivity contribution in [1.29, 1.82) is 0 Å². The lowest BCUT2D eigenvalue weighted by molar-refractivity contribution is -0.137. The van der Waals surface area contributed by atoms with Crippen LogP contribution in [0.3, 0.4) is 0 Å². The fourth-order valence-corrected chi connectivity index (χ4v) is 3.95. The van der Waals surface area contributed by atoms with Crippen molar-refractivity contribution in [3.05, 3.63) is 131 Å². The molecule has 0 aromatic heterocycles. The first-order chi connectivity index (χ1) is 14.8. The minimum absolute atomic E-state index is 0.0711. The predicted octanol–water partition coefficient (Wildman–Crippen LogP) is 6.44. The van der Waals surface area contributed by atoms with E-state index in [0.717, 1.165) is 27.8 Å². The highest BCUT2D eigenvalue weighted by molar-refractivity contribution is 6.02. The Morgan fingerprint density at radius 2 is 1.37 bits per heavy atom. The molecule has 3 aromatic rings. The Morgan fingerprint density at radius 3 is 1.97 bits per heavy atom. The molecule has 0 N–H and O–H groups in total. The van der Waals surface area contributed by atoms with Gasteiger partial charge in [0.05, 0.1) is 6.61 Å². The largest absolute Gasteiger partial charge is 0.463 e. The first kappa shape index (κ1) is 19.7. The van der Waals surface area contributed by atoms with Crippen LogP contribution in [0.1, 0.15) is 29.5 Å². The Hall–Kier alpha value is -3.65. The maximum absolute atomic E-state index is 12.3. The number of benzene rings is 3. The van der Waals surface area contributed by atoms with E-state index in [-0.39, 0.29) is 11.9 Å². The van der Waals surface area contributed by atoms with Crippen LogP contribution in [0.15, 0.2) is 115 Å². The van der Waals surface area contributed by atoms with Crippen LogP contribution in [-0.2, 0) is 9.53 Å². The van der Waals surface area contributed by atoms with E-state index >= 15 is 0 Å². The average Bonchev–Trinajstić information content (AvgIpc) is 2.80. The Labute approximate surface area is 177 Å². The molecule has 0 spiro atoms. The zero-order valence-electron chi connectivity index (χ0n) is 17.0. The second-order valence-electron chi connectivity index (χ2n) is 7.13. The van der Waals surface area contributed by atoms with E-state index in [1.165, 1.54) is 5.57 Å². The molecule has 3 aromatic carbocycles. The van der Waals surface area contributed by atoms with E-state index in [1.807, 2.05) is 43.3 Å². The molecule has 1 unspecified atom stereocenters. The molecule has 2 nitrogen and oxygen atoms in total. The van der Waals surface area contributed by atoms with Gasteiger partial charge in [-0.25, -0.2) is 4.79 Å². The standard InChI is InChI=1S/C28H24O2/c1-2-30-26(29)20-24-18-19-25(21-12-6-3-7-13-21)28(23-16-10-5-11-17-23)27(24)22-14-8-4-9-15-22/h3-20,27H,2H2,1H3. The molecule has 2 heteroatoms. The lowest BCUT2D eigenvalue weighted by atomic mass is 9.74. The Balaban J connectivity index is 1.96. The van der Waals surface area contributed by atoms with Gasteiger partial charge in [0.2, 0.25) is 0 Å². The second kappa shape index (κ2) is 9.23. The SMILES string of the molecule is CCOC(=O)C=C1C=CC(c2ccccc2)=C(c2ccccc2)C1c1ccccc1. The third-order valence-corrected chi connectivity index (χ3v) is 5.23. The van der Waals surface area contributed by atoms with E-state index in [9.17, 15) is 4.79 Å². The molecule has 0 saturated carbocycles. The van der Waals surface area contributed by atoms with Gasteiger partial charge in [0.15, 0.2) is 0 Å². The number of ether oxygens (including phenoxy) is 1. The first-order valence-corrected chi connectivity index (χ1v) is 10.2. The maximum atomic E-state index is 12.3. The van der Waals surface area contributed by atoms with Gasteiger partial charge in [0.25, 0.3) is 0 Å². The topological polar surface area (TPSA) is 26.3 Å². The quantitative estimate of drug-likeness (QED) is 0.369. The van der Waals surface area contributed by atoms with Crippen molar-refractivity contribution < 1.29 is 9.53 Å². The molecule has 148 valence electrons. The van der Waals surface area contributed by atoms with E-state index in [1.54, 1.807) is 6.08 Å². The zero-order valence-corrected chi connectivity index (χ0v) is 17.0. The Kier molecular flexibility index (Phi) is 6.05. The lowest BCUT2D eigenvalue weighted by Gasteiger charge is -2.29. The van der Waals surface area contributed by atoms with Gasteiger partial charge in [-0.2, -0.15) is 0 Å². The van der Waals surface area contributed by atoms with Gasteiger partial charge >= 0.3 is 5.97 Å². The van der Waals surface area contributed by atoms with Crippen molar-refractivity contribution >= 4 is 17.1 Å². The van der Waals surface area contributed by atoms with Gasteiger partial charge in [0.1, 0.15) is 0 Å². The third kappa shape index (κ3) is 4.18. The molecule has 4 rings (SSSR count). The molecule has 0 saturated heterocycles. The highest BCUT2D eigenvalue weighted by Gasteiger charge is 2.28. The lowest BCUT2D eigenvalue weighted by Crippen LogP contribution is -2.12. The van der Waals surface area contributed by atoms with Crippen LogP contribution >= 0.6 is 0 Å². The summed E-state index contributed by atoms with van der Waals surface area (Å²) in [5.74, 6) is -0.383. The summed E-state index contributed by atoms with van der Waals surface area (Å²) in [5.41, 5.74) is 6.72. The van der Waals surface area contributed by atoms with Gasteiger partial charge in [-0.15, -0.1) is 0 Å². The molecule has 0 aliphatic heterocycles. The summed E-state index contributed by atoms with van der Waals surface area (Å²) in [6.45, 7) is 2.18. The first-order valence-electron chi connectivity index (χ1n) is 10.2. The molecule has 1 aliphatic carbocycles. The highest BCUT2D eigenvalue weighted by Crippen LogP contribution is 2.46. The normalized spacial score (nSPS) is 17.2. The number of carbonyl (C=O) groups excluding carboxylic acids is 1. The van der Waals surface area contributed by atoms with Gasteiger partial charge < -0.3 is 4.74 Å². The Morgan fingerprint density at radius 1 is 0.800 bits per heavy atom. The van der Waals surface area contributed by atoms with Gasteiger partial charge in [-0.1, -0.05) is 103 Å². The summed E-state index contributed by atoms with van der Waals surface area (Å²) in [6, 6.07) is 31.1. The minimum atomic E-state index is -0.311. The summed E-state index contributed by atoms with van der Waals surface area (Å²) in [4.78, 5) is 12.3. The number of esters is 1. The van der Waals surface area contributed by atoms with E-state index in [4.69, 9.17) is 4.74 Å². The minimum Gasteiger partial charge on any atom is -0.463 e. The fraction of sp³-hybridized carbons (Fsp3) is 0.107. The molecular weight excluding hydrogens is 368 g/mol. The third-order valence-electron chi connectivity index (χ3n) is 5.23. The zero-order chi connectivity index (χ0) is 20.8. The number of carbonyl (C=O) groups is 1. The summed E-state index contributed by atoms with van der Waals surface area (Å²) in [5, 5.41) is 0. The van der Waals surface area contributed by atoms with E-state index in [2.05, 4.69) is 66.7 Å². The van der Waals surface area contributed by atoms with Crippen LogP contribution in [0, 0.1) is 0 Å². The summed E-state index contributed by atoms with van der Waals surface area (Å²) in [7, 11) is 0. The maximum Gasteiger partial charge on any atom is 0.331 e. The highest BCUT2D eigenvalue weighted by atomic mass is 16.5. The monoisotopic (exact) mass is 392 g/mol. The molecule has 0 radical (unpaired) electrons. The average molecular weight is 392 g/mol. The van der Waals surface area contributed by atoms with E-state index in [0.29, 0.717) is 6.61 Å². The van der Waals surface area contributed by atoms with Crippen LogP contribution in [0.2, 0.25) is 0 Å². The summed E-state index contributed by atoms with van der Waals surface area (Å²) < 4.78 is 5.22. The van der Waals surface area contributed by atoms with Crippen molar-refractivity contribution in [2.75, 3.05) is 6.61 Å². The number of allylic oxidation sites excluding steroid dienone is 5. The van der Waals surface area contributed by atoms with Crippen LogP contribution in [0.25, 0.3) is 11.1 Å². The van der Waals surface area contributed by atoms with Crippen LogP contribution in [-0.4, -0.2) is 12.6 Å². The smallest absolute Gasteiger partial charge is 0.331 e. The van der Waals surface area contributed by atoms with Gasteiger partial charge in [0, 0.05) is 12.0 Å². The van der Waals surface area contributed by atoms with Crippen molar-refractivity contribution in [2.24, 2.45) is 0 Å². The molecule has 30 heavy (non-hydrogen) atoms. The van der Waals surface area contributed by atoms with Crippen LogP contribution in [0.4, 0.5) is 0 Å². The molecule has 0 bridgehead atoms. The number of hydrogen-bond donors (Lipinski definition) is 0. The van der Waals surface area contributed by atoms with Crippen molar-refractivity contribution in [3.8, 4) is 0 Å². The molecule has 0 heterocycles. The number of rotatable bonds is 5. The molecule has 0 amide bonds. The summed E-state index contributed by atoms with van der Waals surface area (Å²) in [6.07, 6.45) is 5.79. The van der Waals surface area contributed by atoms with Crippen molar-refractivity contribution in [3.63, 3.8) is 0 Å². The van der Waals surface area contributed by atoms with Gasteiger partial charge in [-0.3, -0.25) is 0 Å². The second-order valence-corrected chi connectivity index (χ2v) is 7.13. The summed E-state index contributed by atoms with van der Waals surface area (Å²) >= 11 is 0. The Bertz CT molecular complexity index is 1090. The number of hydrogen-bond acceptors (Lipinski definition) is 2. The van der Waals surface area contributed by atoms with E-state index < -0.39 is 0 Å². The molecule has 1 aliphatic rings. The van der Waals surface area contributed by atoms with Crippen LogP contribution < -0.4 is 0 Å². The predicted molar refractivity (Wildman–Crippen MR) is 123 cm³/mol. The molecule has 1 atom stereocenters. The fourth-order valence-electron chi connectivity index (χ4n) is 3.95. The molecular formula is C28H24O2. The molecule has 0 fully saturated rings. The van der Waals surface area contributed by atoms with Crippen molar-refractivity contribution in [1.82, 2.24) is 0 Å². The van der Waals surface area contributed by atoms with Crippen LogP contribution in [0.5, 0.6) is 0 Å².